The van der Waals surface area contributed by atoms with Gasteiger partial charge < -0.3 is 34.2 Å². The van der Waals surface area contributed by atoms with E-state index in [-0.39, 0.29) is 17.5 Å². The number of rotatable bonds is 7. The summed E-state index contributed by atoms with van der Waals surface area (Å²) < 4.78 is 28.0. The van der Waals surface area contributed by atoms with E-state index < -0.39 is 18.7 Å². The van der Waals surface area contributed by atoms with E-state index in [4.69, 9.17) is 23.5 Å². The summed E-state index contributed by atoms with van der Waals surface area (Å²) in [5, 5.41) is 15.9. The Morgan fingerprint density at radius 3 is 2.81 bits per heavy atom. The van der Waals surface area contributed by atoms with E-state index in [1.807, 2.05) is 20.8 Å². The second kappa shape index (κ2) is 10.7. The fraction of sp³-hybridized carbons (Fsp3) is 0.500. The summed E-state index contributed by atoms with van der Waals surface area (Å²) in [7, 11) is 2.03. The number of ether oxygens (including phenoxy) is 3. The van der Waals surface area contributed by atoms with E-state index in [9.17, 15) is 10.1 Å². The lowest BCUT2D eigenvalue weighted by atomic mass is 9.75. The lowest BCUT2D eigenvalue weighted by Gasteiger charge is -2.28. The fourth-order valence-electron chi connectivity index (χ4n) is 4.15. The summed E-state index contributed by atoms with van der Waals surface area (Å²) in [6, 6.07) is 5.50. The van der Waals surface area contributed by atoms with Crippen LogP contribution in [0, 0.1) is 24.2 Å². The van der Waals surface area contributed by atoms with Gasteiger partial charge in [0.15, 0.2) is 0 Å². The molecule has 12 heteroatoms. The quantitative estimate of drug-likeness (QED) is 0.432. The van der Waals surface area contributed by atoms with Crippen LogP contribution in [0.1, 0.15) is 36.2 Å². The highest BCUT2D eigenvalue weighted by atomic mass is 16.7. The Kier molecular flexibility index (Phi) is 7.63. The number of esters is 1. The molecule has 0 radical (unpaired) electrons. The van der Waals surface area contributed by atoms with Crippen LogP contribution in [0.15, 0.2) is 18.3 Å². The molecule has 36 heavy (non-hydrogen) atoms. The Morgan fingerprint density at radius 1 is 1.33 bits per heavy atom. The molecule has 0 aliphatic carbocycles. The molecule has 0 bridgehead atoms. The van der Waals surface area contributed by atoms with Crippen molar-refractivity contribution in [3.63, 3.8) is 0 Å². The Bertz CT molecular complexity index is 1170. The topological polar surface area (TPSA) is 137 Å². The van der Waals surface area contributed by atoms with Gasteiger partial charge in [-0.15, -0.1) is 0 Å². The molecule has 190 valence electrons. The molecule has 2 aliphatic heterocycles. The van der Waals surface area contributed by atoms with Crippen LogP contribution in [-0.4, -0.2) is 68.7 Å². The molecule has 3 heterocycles. The smallest absolute Gasteiger partial charge is 0.497 e. The second-order valence-corrected chi connectivity index (χ2v) is 9.35. The maximum atomic E-state index is 12.7. The zero-order chi connectivity index (χ0) is 25.9. The number of hydrogen-bond acceptors (Lipinski definition) is 11. The summed E-state index contributed by atoms with van der Waals surface area (Å²) in [5.74, 6) is 0.554. The van der Waals surface area contributed by atoms with Crippen molar-refractivity contribution in [2.24, 2.45) is 5.92 Å². The van der Waals surface area contributed by atoms with Crippen molar-refractivity contribution in [1.82, 2.24) is 9.97 Å². The molecule has 1 aromatic carbocycles. The number of aryl methyl sites for hydroxylation is 1. The normalized spacial score (nSPS) is 20.9. The standard InChI is InChI=1S/C24H30BN5O6/c1-14-11-27-23(30-21(14)29-18-12-34-7-6-15(18)10-26)28-16-8-17(22(31)33-5)20(19(9-16)32-4)25-35-13-24(2,3)36-25/h8-9,11,15,18H,6-7,12-13H2,1-5H3,(H2,27,28,29,30)/t15-,18+/m0/s1. The van der Waals surface area contributed by atoms with Crippen LogP contribution in [0.25, 0.3) is 0 Å². The summed E-state index contributed by atoms with van der Waals surface area (Å²) in [4.78, 5) is 21.7. The highest BCUT2D eigenvalue weighted by Gasteiger charge is 2.42. The van der Waals surface area contributed by atoms with Crippen LogP contribution >= 0.6 is 0 Å². The van der Waals surface area contributed by atoms with E-state index in [1.54, 1.807) is 18.3 Å². The van der Waals surface area contributed by atoms with Crippen molar-refractivity contribution in [1.29, 1.82) is 5.26 Å². The van der Waals surface area contributed by atoms with Gasteiger partial charge in [0.2, 0.25) is 5.95 Å². The lowest BCUT2D eigenvalue weighted by molar-refractivity contribution is 0.0601. The van der Waals surface area contributed by atoms with E-state index in [0.29, 0.717) is 54.9 Å². The molecule has 0 amide bonds. The maximum absolute atomic E-state index is 12.7. The molecule has 2 atom stereocenters. The Hall–Kier alpha value is -3.40. The number of anilines is 3. The predicted molar refractivity (Wildman–Crippen MR) is 133 cm³/mol. The molecule has 2 saturated heterocycles. The lowest BCUT2D eigenvalue weighted by Crippen LogP contribution is -2.39. The second-order valence-electron chi connectivity index (χ2n) is 9.35. The number of nitrogens with one attached hydrogen (secondary N) is 2. The van der Waals surface area contributed by atoms with E-state index in [2.05, 4.69) is 26.7 Å². The molecule has 11 nitrogen and oxygen atoms in total. The highest BCUT2D eigenvalue weighted by Crippen LogP contribution is 2.28. The number of methoxy groups -OCH3 is 2. The fourth-order valence-corrected chi connectivity index (χ4v) is 4.15. The third-order valence-corrected chi connectivity index (χ3v) is 6.08. The van der Waals surface area contributed by atoms with Crippen molar-refractivity contribution in [3.8, 4) is 11.8 Å². The van der Waals surface area contributed by atoms with E-state index in [1.165, 1.54) is 14.2 Å². The molecular formula is C24H30BN5O6. The number of aromatic nitrogens is 2. The average molecular weight is 495 g/mol. The van der Waals surface area contributed by atoms with Crippen LogP contribution in [0.2, 0.25) is 0 Å². The van der Waals surface area contributed by atoms with E-state index >= 15 is 0 Å². The third kappa shape index (κ3) is 5.54. The maximum Gasteiger partial charge on any atom is 0.499 e. The van der Waals surface area contributed by atoms with Gasteiger partial charge >= 0.3 is 13.1 Å². The molecule has 1 aromatic heterocycles. The Labute approximate surface area is 210 Å². The molecule has 0 saturated carbocycles. The first-order valence-corrected chi connectivity index (χ1v) is 11.7. The van der Waals surface area contributed by atoms with Crippen LogP contribution < -0.4 is 20.8 Å². The van der Waals surface area contributed by atoms with Crippen LogP contribution in [0.3, 0.4) is 0 Å². The van der Waals surface area contributed by atoms with Gasteiger partial charge in [0, 0.05) is 35.6 Å². The number of nitriles is 1. The summed E-state index contributed by atoms with van der Waals surface area (Å²) in [5.41, 5.74) is 1.52. The first kappa shape index (κ1) is 25.7. The molecule has 2 aromatic rings. The van der Waals surface area contributed by atoms with Gasteiger partial charge in [-0.2, -0.15) is 10.2 Å². The first-order valence-electron chi connectivity index (χ1n) is 11.7. The zero-order valence-corrected chi connectivity index (χ0v) is 21.1. The van der Waals surface area contributed by atoms with Crippen molar-refractivity contribution in [2.75, 3.05) is 44.7 Å². The van der Waals surface area contributed by atoms with Gasteiger partial charge in [-0.05, 0) is 33.3 Å². The minimum Gasteiger partial charge on any atom is -0.497 e. The van der Waals surface area contributed by atoms with Crippen molar-refractivity contribution in [2.45, 2.75) is 38.8 Å². The minimum absolute atomic E-state index is 0.172. The minimum atomic E-state index is -0.782. The summed E-state index contributed by atoms with van der Waals surface area (Å²) >= 11 is 0. The first-order chi connectivity index (χ1) is 17.2. The number of carbonyl (C=O) groups is 1. The van der Waals surface area contributed by atoms with Crippen molar-refractivity contribution < 1.29 is 28.3 Å². The summed E-state index contributed by atoms with van der Waals surface area (Å²) in [6.07, 6.45) is 2.34. The number of carbonyl (C=O) groups excluding carboxylic acids is 1. The SMILES string of the molecule is COC(=O)c1cc(Nc2ncc(C)c(N[C@@H]3COCC[C@H]3C#N)n2)cc(OC)c1B1OCC(C)(C)O1. The van der Waals surface area contributed by atoms with Crippen LogP contribution in [-0.2, 0) is 18.8 Å². The average Bonchev–Trinajstić information content (AvgIpc) is 3.24. The van der Waals surface area contributed by atoms with Crippen molar-refractivity contribution in [3.05, 3.63) is 29.5 Å². The van der Waals surface area contributed by atoms with Gasteiger partial charge in [-0.1, -0.05) is 0 Å². The molecule has 2 fully saturated rings. The van der Waals surface area contributed by atoms with Crippen molar-refractivity contribution >= 4 is 36.0 Å². The predicted octanol–water partition coefficient (Wildman–Crippen LogP) is 2.18. The van der Waals surface area contributed by atoms with Crippen LogP contribution in [0.5, 0.6) is 5.75 Å². The molecule has 2 aliphatic rings. The van der Waals surface area contributed by atoms with Gasteiger partial charge in [0.05, 0.1) is 56.6 Å². The van der Waals surface area contributed by atoms with Crippen LogP contribution in [0.4, 0.5) is 17.5 Å². The Morgan fingerprint density at radius 2 is 2.14 bits per heavy atom. The molecule has 4 rings (SSSR count). The monoisotopic (exact) mass is 495 g/mol. The zero-order valence-electron chi connectivity index (χ0n) is 21.1. The summed E-state index contributed by atoms with van der Waals surface area (Å²) in [6.45, 7) is 7.06. The third-order valence-electron chi connectivity index (χ3n) is 6.08. The van der Waals surface area contributed by atoms with Gasteiger partial charge in [0.1, 0.15) is 11.6 Å². The molecule has 0 unspecified atom stereocenters. The van der Waals surface area contributed by atoms with E-state index in [0.717, 1.165) is 5.56 Å². The molecular weight excluding hydrogens is 465 g/mol. The number of nitrogens with zero attached hydrogens (tertiary/aromatic N) is 3. The highest BCUT2D eigenvalue weighted by molar-refractivity contribution is 6.64. The molecule has 2 N–H and O–H groups in total. The van der Waals surface area contributed by atoms with Gasteiger partial charge in [0.25, 0.3) is 0 Å². The largest absolute Gasteiger partial charge is 0.499 e. The van der Waals surface area contributed by atoms with Gasteiger partial charge in [-0.25, -0.2) is 9.78 Å². The number of benzene rings is 1. The molecule has 0 spiro atoms. The number of hydrogen-bond donors (Lipinski definition) is 2. The Balaban J connectivity index is 1.64. The van der Waals surface area contributed by atoms with Gasteiger partial charge in [-0.3, -0.25) is 0 Å².